The number of likely N-dealkylation sites (tertiary alicyclic amines) is 1. The zero-order valence-corrected chi connectivity index (χ0v) is 20.0. The highest BCUT2D eigenvalue weighted by Gasteiger charge is 2.33. The van der Waals surface area contributed by atoms with E-state index >= 15 is 0 Å². The monoisotopic (exact) mass is 456 g/mol. The maximum absolute atomic E-state index is 13.1. The van der Waals surface area contributed by atoms with E-state index in [1.165, 1.54) is 5.56 Å². The average Bonchev–Trinajstić information content (AvgIpc) is 3.24. The van der Waals surface area contributed by atoms with Crippen molar-refractivity contribution in [2.75, 3.05) is 85.6 Å². The lowest BCUT2D eigenvalue weighted by molar-refractivity contribution is -0.127. The maximum Gasteiger partial charge on any atom is 0.317 e. The number of nitrogens with one attached hydrogen (secondary N) is 2. The predicted octanol–water partition coefficient (Wildman–Crippen LogP) is 0.556. The molecule has 3 amide bonds. The Hall–Kier alpha value is -2.16. The lowest BCUT2D eigenvalue weighted by Crippen LogP contribution is -2.52. The van der Waals surface area contributed by atoms with Crippen molar-refractivity contribution in [2.24, 2.45) is 11.8 Å². The fourth-order valence-corrected chi connectivity index (χ4v) is 5.32. The number of piperazine rings is 1. The van der Waals surface area contributed by atoms with Crippen molar-refractivity contribution in [3.63, 3.8) is 0 Å². The van der Waals surface area contributed by atoms with Crippen LogP contribution in [0.15, 0.2) is 30.3 Å². The highest BCUT2D eigenvalue weighted by molar-refractivity contribution is 5.79. The number of amides is 3. The van der Waals surface area contributed by atoms with Crippen LogP contribution in [0.5, 0.6) is 0 Å². The second-order valence-corrected chi connectivity index (χ2v) is 9.91. The number of piperidine rings is 1. The largest absolute Gasteiger partial charge is 0.354 e. The summed E-state index contributed by atoms with van der Waals surface area (Å²) < 4.78 is 0. The zero-order chi connectivity index (χ0) is 23.0. The number of nitrogens with zero attached hydrogens (tertiary/aromatic N) is 4. The number of likely N-dealkylation sites (N-methyl/N-ethyl adjacent to an activating group) is 1. The fraction of sp³-hybridized carbons (Fsp3) is 0.680. The molecule has 0 saturated carbocycles. The fourth-order valence-electron chi connectivity index (χ4n) is 5.32. The molecular weight excluding hydrogens is 416 g/mol. The first-order valence-electron chi connectivity index (χ1n) is 12.5. The molecule has 3 heterocycles. The van der Waals surface area contributed by atoms with Gasteiger partial charge < -0.3 is 30.2 Å². The van der Waals surface area contributed by atoms with Crippen LogP contribution >= 0.6 is 0 Å². The third kappa shape index (κ3) is 7.16. The lowest BCUT2D eigenvalue weighted by Gasteiger charge is -2.41. The average molecular weight is 457 g/mol. The van der Waals surface area contributed by atoms with Crippen LogP contribution in [-0.4, -0.2) is 117 Å². The van der Waals surface area contributed by atoms with E-state index in [0.29, 0.717) is 25.6 Å². The van der Waals surface area contributed by atoms with Gasteiger partial charge in [-0.3, -0.25) is 4.79 Å². The highest BCUT2D eigenvalue weighted by atomic mass is 16.2. The number of benzene rings is 1. The number of rotatable bonds is 9. The van der Waals surface area contributed by atoms with E-state index in [9.17, 15) is 9.59 Å². The third-order valence-electron chi connectivity index (χ3n) is 7.28. The molecule has 0 aromatic heterocycles. The molecule has 182 valence electrons. The van der Waals surface area contributed by atoms with Crippen molar-refractivity contribution in [3.8, 4) is 0 Å². The van der Waals surface area contributed by atoms with E-state index in [2.05, 4.69) is 62.7 Å². The van der Waals surface area contributed by atoms with Gasteiger partial charge in [0.2, 0.25) is 5.91 Å². The van der Waals surface area contributed by atoms with Gasteiger partial charge in [0, 0.05) is 78.5 Å². The first kappa shape index (κ1) is 24.0. The molecule has 2 N–H and O–H groups in total. The quantitative estimate of drug-likeness (QED) is 0.568. The standard InChI is InChI=1S/C25H40N6O2/c1-28-13-15-29(16-14-28)18-22-17-23(24(32)26-8-11-31-12-9-27-25(31)33)20-30(19-22)10-7-21-5-3-2-4-6-21/h2-6,22-23H,7-20H2,1H3,(H,26,32)(H,27,33)/t22-,23-/m1/s1. The second kappa shape index (κ2) is 11.8. The highest BCUT2D eigenvalue weighted by Crippen LogP contribution is 2.24. The molecular formula is C25H40N6O2. The molecule has 0 radical (unpaired) electrons. The summed E-state index contributed by atoms with van der Waals surface area (Å²) in [5.41, 5.74) is 1.35. The van der Waals surface area contributed by atoms with Crippen LogP contribution < -0.4 is 10.6 Å². The third-order valence-corrected chi connectivity index (χ3v) is 7.28. The predicted molar refractivity (Wildman–Crippen MR) is 130 cm³/mol. The molecule has 3 saturated heterocycles. The van der Waals surface area contributed by atoms with Gasteiger partial charge in [-0.15, -0.1) is 0 Å². The van der Waals surface area contributed by atoms with E-state index < -0.39 is 0 Å². The summed E-state index contributed by atoms with van der Waals surface area (Å²) in [6.07, 6.45) is 1.96. The van der Waals surface area contributed by atoms with Gasteiger partial charge in [0.25, 0.3) is 0 Å². The molecule has 0 aliphatic carbocycles. The lowest BCUT2D eigenvalue weighted by atomic mass is 9.87. The van der Waals surface area contributed by atoms with Gasteiger partial charge >= 0.3 is 6.03 Å². The topological polar surface area (TPSA) is 71.2 Å². The minimum atomic E-state index is -0.0266. The number of hydrogen-bond acceptors (Lipinski definition) is 5. The summed E-state index contributed by atoms with van der Waals surface area (Å²) in [7, 11) is 2.19. The van der Waals surface area contributed by atoms with Crippen molar-refractivity contribution < 1.29 is 9.59 Å². The summed E-state index contributed by atoms with van der Waals surface area (Å²) in [6.45, 7) is 10.9. The van der Waals surface area contributed by atoms with Gasteiger partial charge in [-0.2, -0.15) is 0 Å². The zero-order valence-electron chi connectivity index (χ0n) is 20.0. The molecule has 0 bridgehead atoms. The van der Waals surface area contributed by atoms with Gasteiger partial charge in [-0.05, 0) is 31.4 Å². The van der Waals surface area contributed by atoms with Crippen molar-refractivity contribution in [1.82, 2.24) is 30.2 Å². The smallest absolute Gasteiger partial charge is 0.317 e. The molecule has 3 aliphatic heterocycles. The summed E-state index contributed by atoms with van der Waals surface area (Å²) in [4.78, 5) is 34.0. The van der Waals surface area contributed by atoms with E-state index in [1.54, 1.807) is 4.90 Å². The van der Waals surface area contributed by atoms with Gasteiger partial charge in [0.05, 0.1) is 5.92 Å². The molecule has 3 aliphatic rings. The van der Waals surface area contributed by atoms with Gasteiger partial charge in [0.1, 0.15) is 0 Å². The SMILES string of the molecule is CN1CCN(C[C@H]2C[C@@H](C(=O)NCCN3CCNC3=O)CN(CCc3ccccc3)C2)CC1. The number of urea groups is 1. The molecule has 8 heteroatoms. The first-order valence-corrected chi connectivity index (χ1v) is 12.5. The van der Waals surface area contributed by atoms with Crippen molar-refractivity contribution in [3.05, 3.63) is 35.9 Å². The Balaban J connectivity index is 1.31. The Kier molecular flexibility index (Phi) is 8.58. The van der Waals surface area contributed by atoms with Gasteiger partial charge in [0.15, 0.2) is 0 Å². The summed E-state index contributed by atoms with van der Waals surface area (Å²) in [6, 6.07) is 10.6. The minimum absolute atomic E-state index is 0.0133. The Morgan fingerprint density at radius 1 is 1.03 bits per heavy atom. The van der Waals surface area contributed by atoms with Gasteiger partial charge in [-0.1, -0.05) is 30.3 Å². The molecule has 1 aromatic carbocycles. The minimum Gasteiger partial charge on any atom is -0.354 e. The first-order chi connectivity index (χ1) is 16.1. The number of carbonyl (C=O) groups is 2. The summed E-state index contributed by atoms with van der Waals surface area (Å²) >= 11 is 0. The van der Waals surface area contributed by atoms with Crippen LogP contribution in [0.25, 0.3) is 0 Å². The Morgan fingerprint density at radius 3 is 2.55 bits per heavy atom. The summed E-state index contributed by atoms with van der Waals surface area (Å²) in [5, 5.41) is 5.93. The van der Waals surface area contributed by atoms with Crippen LogP contribution in [-0.2, 0) is 11.2 Å². The molecule has 1 aromatic rings. The van der Waals surface area contributed by atoms with Crippen LogP contribution in [0.2, 0.25) is 0 Å². The molecule has 2 atom stereocenters. The number of hydrogen-bond donors (Lipinski definition) is 2. The Bertz CT molecular complexity index is 767. The Morgan fingerprint density at radius 2 is 1.82 bits per heavy atom. The second-order valence-electron chi connectivity index (χ2n) is 9.91. The maximum atomic E-state index is 13.1. The number of carbonyl (C=O) groups excluding carboxylic acids is 2. The molecule has 33 heavy (non-hydrogen) atoms. The van der Waals surface area contributed by atoms with E-state index in [0.717, 1.165) is 71.7 Å². The van der Waals surface area contributed by atoms with Crippen LogP contribution in [0.4, 0.5) is 4.79 Å². The van der Waals surface area contributed by atoms with Crippen LogP contribution in [0.3, 0.4) is 0 Å². The Labute approximate surface area is 198 Å². The van der Waals surface area contributed by atoms with Crippen molar-refractivity contribution in [2.45, 2.75) is 12.8 Å². The normalized spacial score (nSPS) is 25.2. The van der Waals surface area contributed by atoms with E-state index in [4.69, 9.17) is 0 Å². The molecule has 8 nitrogen and oxygen atoms in total. The molecule has 4 rings (SSSR count). The molecule has 0 spiro atoms. The van der Waals surface area contributed by atoms with Gasteiger partial charge in [-0.25, -0.2) is 4.79 Å². The van der Waals surface area contributed by atoms with Crippen molar-refractivity contribution >= 4 is 11.9 Å². The van der Waals surface area contributed by atoms with Crippen molar-refractivity contribution in [1.29, 1.82) is 0 Å². The molecule has 0 unspecified atom stereocenters. The summed E-state index contributed by atoms with van der Waals surface area (Å²) in [5.74, 6) is 0.667. The van der Waals surface area contributed by atoms with E-state index in [-0.39, 0.29) is 17.9 Å². The van der Waals surface area contributed by atoms with E-state index in [1.807, 2.05) is 0 Å². The van der Waals surface area contributed by atoms with Crippen LogP contribution in [0, 0.1) is 11.8 Å². The molecule has 3 fully saturated rings. The van der Waals surface area contributed by atoms with Crippen LogP contribution in [0.1, 0.15) is 12.0 Å².